The van der Waals surface area contributed by atoms with Crippen LogP contribution in [0.25, 0.3) is 11.0 Å². The van der Waals surface area contributed by atoms with Crippen molar-refractivity contribution >= 4 is 16.9 Å². The number of ether oxygens (including phenoxy) is 1. The summed E-state index contributed by atoms with van der Waals surface area (Å²) in [5.74, 6) is 0.165. The van der Waals surface area contributed by atoms with Gasteiger partial charge in [0.05, 0.1) is 11.0 Å². The van der Waals surface area contributed by atoms with Crippen LogP contribution in [0.1, 0.15) is 31.2 Å². The molecule has 134 valence electrons. The lowest BCUT2D eigenvalue weighted by molar-refractivity contribution is -0.142. The van der Waals surface area contributed by atoms with E-state index in [4.69, 9.17) is 4.74 Å². The van der Waals surface area contributed by atoms with Gasteiger partial charge in [0.15, 0.2) is 0 Å². The van der Waals surface area contributed by atoms with Crippen molar-refractivity contribution in [2.45, 2.75) is 44.4 Å². The van der Waals surface area contributed by atoms with E-state index in [1.165, 1.54) is 0 Å². The fourth-order valence-corrected chi connectivity index (χ4v) is 3.73. The summed E-state index contributed by atoms with van der Waals surface area (Å²) in [5, 5.41) is 3.57. The lowest BCUT2D eigenvalue weighted by atomic mass is 10.0. The van der Waals surface area contributed by atoms with Crippen LogP contribution in [0.3, 0.4) is 0 Å². The number of aromatic nitrogens is 2. The number of nitrogens with zero attached hydrogens (tertiary/aromatic N) is 1. The fourth-order valence-electron chi connectivity index (χ4n) is 3.73. The Morgan fingerprint density at radius 2 is 2.00 bits per heavy atom. The van der Waals surface area contributed by atoms with Crippen LogP contribution < -0.4 is 11.0 Å². The van der Waals surface area contributed by atoms with Gasteiger partial charge in [-0.1, -0.05) is 6.07 Å². The van der Waals surface area contributed by atoms with Gasteiger partial charge >= 0.3 is 5.69 Å². The second-order valence-electron chi connectivity index (χ2n) is 6.94. The highest BCUT2D eigenvalue weighted by Crippen LogP contribution is 2.19. The van der Waals surface area contributed by atoms with E-state index in [1.807, 2.05) is 23.1 Å². The third-order valence-electron chi connectivity index (χ3n) is 5.19. The molecule has 1 unspecified atom stereocenters. The van der Waals surface area contributed by atoms with Crippen LogP contribution in [0, 0.1) is 0 Å². The van der Waals surface area contributed by atoms with Crippen LogP contribution in [0.4, 0.5) is 0 Å². The third kappa shape index (κ3) is 3.62. The highest BCUT2D eigenvalue weighted by molar-refractivity contribution is 5.81. The summed E-state index contributed by atoms with van der Waals surface area (Å²) >= 11 is 0. The number of hydrogen-bond donors (Lipinski definition) is 3. The molecule has 25 heavy (non-hydrogen) atoms. The van der Waals surface area contributed by atoms with Gasteiger partial charge < -0.3 is 24.9 Å². The predicted octanol–water partition coefficient (Wildman–Crippen LogP) is 1.12. The van der Waals surface area contributed by atoms with Gasteiger partial charge in [-0.05, 0) is 43.4 Å². The number of piperidine rings is 1. The summed E-state index contributed by atoms with van der Waals surface area (Å²) in [6.45, 7) is 3.06. The monoisotopic (exact) mass is 344 g/mol. The van der Waals surface area contributed by atoms with Crippen LogP contribution in [0.2, 0.25) is 0 Å². The fraction of sp³-hybridized carbons (Fsp3) is 0.556. The Morgan fingerprint density at radius 1 is 1.20 bits per heavy atom. The maximum Gasteiger partial charge on any atom is 0.323 e. The molecule has 1 amide bonds. The van der Waals surface area contributed by atoms with Crippen molar-refractivity contribution < 1.29 is 9.53 Å². The van der Waals surface area contributed by atoms with Gasteiger partial charge in [0, 0.05) is 32.3 Å². The van der Waals surface area contributed by atoms with E-state index in [9.17, 15) is 9.59 Å². The number of rotatable bonds is 4. The molecule has 0 radical (unpaired) electrons. The first-order valence-electron chi connectivity index (χ1n) is 9.04. The average molecular weight is 344 g/mol. The zero-order valence-corrected chi connectivity index (χ0v) is 14.2. The predicted molar refractivity (Wildman–Crippen MR) is 94.3 cm³/mol. The molecule has 1 atom stereocenters. The molecule has 7 nitrogen and oxygen atoms in total. The number of fused-ring (bicyclic) bond motifs is 1. The first kappa shape index (κ1) is 16.4. The van der Waals surface area contributed by atoms with Crippen molar-refractivity contribution in [1.82, 2.24) is 20.2 Å². The van der Waals surface area contributed by atoms with Crippen molar-refractivity contribution in [2.24, 2.45) is 0 Å². The quantitative estimate of drug-likeness (QED) is 0.775. The van der Waals surface area contributed by atoms with E-state index in [0.717, 1.165) is 61.9 Å². The normalized spacial score (nSPS) is 21.9. The van der Waals surface area contributed by atoms with Crippen LogP contribution >= 0.6 is 0 Å². The Kier molecular flexibility index (Phi) is 4.59. The van der Waals surface area contributed by atoms with Crippen LogP contribution in [0.15, 0.2) is 23.0 Å². The maximum absolute atomic E-state index is 12.4. The number of H-pyrrole nitrogens is 2. The molecule has 3 heterocycles. The van der Waals surface area contributed by atoms with E-state index in [2.05, 4.69) is 15.3 Å². The van der Waals surface area contributed by atoms with Crippen molar-refractivity contribution in [3.63, 3.8) is 0 Å². The average Bonchev–Trinajstić information content (AvgIpc) is 3.28. The van der Waals surface area contributed by atoms with E-state index < -0.39 is 0 Å². The zero-order chi connectivity index (χ0) is 17.2. The highest BCUT2D eigenvalue weighted by Gasteiger charge is 2.30. The Hall–Kier alpha value is -2.12. The summed E-state index contributed by atoms with van der Waals surface area (Å²) in [6.07, 6.45) is 3.56. The summed E-state index contributed by atoms with van der Waals surface area (Å²) in [6, 6.07) is 6.35. The number of amides is 1. The third-order valence-corrected chi connectivity index (χ3v) is 5.19. The Morgan fingerprint density at radius 3 is 2.76 bits per heavy atom. The molecule has 2 aliphatic heterocycles. The number of hydrogen-bond acceptors (Lipinski definition) is 4. The Balaban J connectivity index is 1.28. The van der Waals surface area contributed by atoms with E-state index >= 15 is 0 Å². The minimum absolute atomic E-state index is 0.165. The molecule has 2 saturated heterocycles. The molecule has 1 aromatic heterocycles. The molecule has 7 heteroatoms. The lowest BCUT2D eigenvalue weighted by Crippen LogP contribution is -2.47. The molecule has 3 N–H and O–H groups in total. The first-order valence-corrected chi connectivity index (χ1v) is 9.04. The SMILES string of the molecule is O=C(C1CCCO1)N1CCC(NCc2ccc3[nH]c(=O)[nH]c3c2)CC1. The van der Waals surface area contributed by atoms with Gasteiger partial charge in [0.2, 0.25) is 0 Å². The van der Waals surface area contributed by atoms with Crippen molar-refractivity contribution in [3.05, 3.63) is 34.2 Å². The van der Waals surface area contributed by atoms with Crippen molar-refractivity contribution in [2.75, 3.05) is 19.7 Å². The largest absolute Gasteiger partial charge is 0.368 e. The molecule has 0 saturated carbocycles. The van der Waals surface area contributed by atoms with E-state index in [-0.39, 0.29) is 17.7 Å². The topological polar surface area (TPSA) is 90.2 Å². The van der Waals surface area contributed by atoms with Crippen LogP contribution in [0.5, 0.6) is 0 Å². The van der Waals surface area contributed by atoms with Gasteiger partial charge in [-0.3, -0.25) is 4.79 Å². The molecule has 0 bridgehead atoms. The molecule has 2 aromatic rings. The molecule has 0 aliphatic carbocycles. The first-order chi connectivity index (χ1) is 12.2. The highest BCUT2D eigenvalue weighted by atomic mass is 16.5. The van der Waals surface area contributed by atoms with E-state index in [0.29, 0.717) is 12.6 Å². The maximum atomic E-state index is 12.4. The molecule has 1 aromatic carbocycles. The lowest BCUT2D eigenvalue weighted by Gasteiger charge is -2.33. The zero-order valence-electron chi connectivity index (χ0n) is 14.2. The Bertz CT molecular complexity index is 798. The number of carbonyl (C=O) groups is 1. The minimum atomic E-state index is -0.209. The molecule has 0 spiro atoms. The Labute approximate surface area is 145 Å². The number of benzene rings is 1. The van der Waals surface area contributed by atoms with Crippen LogP contribution in [-0.2, 0) is 16.1 Å². The summed E-state index contributed by atoms with van der Waals surface area (Å²) in [4.78, 5) is 31.2. The summed E-state index contributed by atoms with van der Waals surface area (Å²) in [5.41, 5.74) is 2.62. The van der Waals surface area contributed by atoms with Crippen molar-refractivity contribution in [3.8, 4) is 0 Å². The number of imidazole rings is 1. The smallest absolute Gasteiger partial charge is 0.323 e. The van der Waals surface area contributed by atoms with Gasteiger partial charge in [0.25, 0.3) is 5.91 Å². The van der Waals surface area contributed by atoms with Crippen molar-refractivity contribution in [1.29, 1.82) is 0 Å². The van der Waals surface area contributed by atoms with Gasteiger partial charge in [-0.25, -0.2) is 4.79 Å². The number of aromatic amines is 2. The second kappa shape index (κ2) is 7.01. The minimum Gasteiger partial charge on any atom is -0.368 e. The second-order valence-corrected chi connectivity index (χ2v) is 6.94. The number of nitrogens with one attached hydrogen (secondary N) is 3. The molecular formula is C18H24N4O3. The summed E-state index contributed by atoms with van der Waals surface area (Å²) in [7, 11) is 0. The molecule has 4 rings (SSSR count). The van der Waals surface area contributed by atoms with Crippen LogP contribution in [-0.4, -0.2) is 52.6 Å². The number of carbonyl (C=O) groups excluding carboxylic acids is 1. The van der Waals surface area contributed by atoms with E-state index in [1.54, 1.807) is 0 Å². The van der Waals surface area contributed by atoms with Gasteiger partial charge in [-0.15, -0.1) is 0 Å². The standard InChI is InChI=1S/C18H24N4O3/c23-17(16-2-1-9-25-16)22-7-5-13(6-8-22)19-11-12-3-4-14-15(10-12)21-18(24)20-14/h3-4,10,13,16,19H,1-2,5-9,11H2,(H2,20,21,24). The van der Waals surface area contributed by atoms with Gasteiger partial charge in [-0.2, -0.15) is 0 Å². The molecule has 2 aliphatic rings. The number of likely N-dealkylation sites (tertiary alicyclic amines) is 1. The van der Waals surface area contributed by atoms with Gasteiger partial charge in [0.1, 0.15) is 6.10 Å². The molecule has 2 fully saturated rings. The summed E-state index contributed by atoms with van der Waals surface area (Å²) < 4.78 is 5.50. The molecular weight excluding hydrogens is 320 g/mol.